The number of rotatable bonds is 4. The van der Waals surface area contributed by atoms with Gasteiger partial charge in [-0.2, -0.15) is 0 Å². The zero-order chi connectivity index (χ0) is 12.3. The Hall–Kier alpha value is -1.19. The number of aromatic nitrogens is 1. The van der Waals surface area contributed by atoms with Crippen molar-refractivity contribution in [1.82, 2.24) is 10.3 Å². The lowest BCUT2D eigenvalue weighted by atomic mass is 10.0. The molecule has 0 saturated heterocycles. The smallest absolute Gasteiger partial charge is 0.0762 e. The molecule has 1 unspecified atom stereocenters. The summed E-state index contributed by atoms with van der Waals surface area (Å²) >= 11 is 1.79. The van der Waals surface area contributed by atoms with Crippen LogP contribution in [0.25, 0.3) is 0 Å². The van der Waals surface area contributed by atoms with Crippen LogP contribution in [0.4, 0.5) is 0 Å². The third kappa shape index (κ3) is 2.73. The molecule has 0 aliphatic heterocycles. The van der Waals surface area contributed by atoms with Crippen LogP contribution in [0.15, 0.2) is 29.6 Å². The molecule has 0 fully saturated rings. The fourth-order valence-electron chi connectivity index (χ4n) is 2.00. The molecule has 2 rings (SSSR count). The molecule has 2 aromatic rings. The summed E-state index contributed by atoms with van der Waals surface area (Å²) in [5, 5.41) is 5.66. The first kappa shape index (κ1) is 12.3. The lowest BCUT2D eigenvalue weighted by Crippen LogP contribution is -2.23. The molecule has 0 aromatic carbocycles. The van der Waals surface area contributed by atoms with Gasteiger partial charge in [-0.25, -0.2) is 0 Å². The predicted molar refractivity (Wildman–Crippen MR) is 73.5 cm³/mol. The summed E-state index contributed by atoms with van der Waals surface area (Å²) in [5.41, 5.74) is 3.52. The van der Waals surface area contributed by atoms with E-state index in [1.807, 2.05) is 13.0 Å². The van der Waals surface area contributed by atoms with Crippen LogP contribution < -0.4 is 5.32 Å². The van der Waals surface area contributed by atoms with E-state index in [9.17, 15) is 0 Å². The van der Waals surface area contributed by atoms with Crippen molar-refractivity contribution in [3.05, 3.63) is 51.5 Å². The van der Waals surface area contributed by atoms with Gasteiger partial charge in [-0.3, -0.25) is 4.98 Å². The molecule has 0 aliphatic rings. The summed E-state index contributed by atoms with van der Waals surface area (Å²) in [5.74, 6) is 0. The maximum Gasteiger partial charge on any atom is 0.0762 e. The second-order valence-electron chi connectivity index (χ2n) is 4.13. The van der Waals surface area contributed by atoms with E-state index in [0.29, 0.717) is 0 Å². The van der Waals surface area contributed by atoms with E-state index in [0.717, 1.165) is 17.9 Å². The third-order valence-electron chi connectivity index (χ3n) is 2.82. The van der Waals surface area contributed by atoms with Crippen molar-refractivity contribution >= 4 is 11.3 Å². The number of pyridine rings is 1. The van der Waals surface area contributed by atoms with Crippen LogP contribution >= 0.6 is 11.3 Å². The van der Waals surface area contributed by atoms with Crippen LogP contribution in [0.2, 0.25) is 0 Å². The number of nitrogens with one attached hydrogen (secondary N) is 1. The number of hydrogen-bond acceptors (Lipinski definition) is 3. The number of aryl methyl sites for hydroxylation is 2. The maximum atomic E-state index is 4.63. The minimum Gasteiger partial charge on any atom is -0.305 e. The highest BCUT2D eigenvalue weighted by Crippen LogP contribution is 2.27. The molecule has 2 aromatic heterocycles. The van der Waals surface area contributed by atoms with Crippen molar-refractivity contribution in [1.29, 1.82) is 0 Å². The normalized spacial score (nSPS) is 12.6. The molecular weight excluding hydrogens is 228 g/mol. The average Bonchev–Trinajstić information content (AvgIpc) is 2.72. The molecule has 2 nitrogen and oxygen atoms in total. The van der Waals surface area contributed by atoms with Crippen LogP contribution in [0.5, 0.6) is 0 Å². The van der Waals surface area contributed by atoms with Crippen molar-refractivity contribution < 1.29 is 0 Å². The van der Waals surface area contributed by atoms with Crippen LogP contribution in [-0.2, 0) is 0 Å². The first-order valence-corrected chi connectivity index (χ1v) is 6.81. The quantitative estimate of drug-likeness (QED) is 0.893. The number of thiophene rings is 1. The minimum atomic E-state index is 0.214. The van der Waals surface area contributed by atoms with Crippen molar-refractivity contribution in [3.8, 4) is 0 Å². The average molecular weight is 246 g/mol. The molecule has 90 valence electrons. The fourth-order valence-corrected chi connectivity index (χ4v) is 2.74. The Morgan fingerprint density at radius 1 is 1.29 bits per heavy atom. The first-order chi connectivity index (χ1) is 8.22. The van der Waals surface area contributed by atoms with Crippen LogP contribution in [0.3, 0.4) is 0 Å². The topological polar surface area (TPSA) is 24.9 Å². The van der Waals surface area contributed by atoms with Gasteiger partial charge >= 0.3 is 0 Å². The molecule has 0 amide bonds. The van der Waals surface area contributed by atoms with Gasteiger partial charge in [-0.15, -0.1) is 11.3 Å². The molecule has 2 heterocycles. The van der Waals surface area contributed by atoms with Gasteiger partial charge in [0.2, 0.25) is 0 Å². The zero-order valence-corrected chi connectivity index (χ0v) is 11.3. The second-order valence-corrected chi connectivity index (χ2v) is 5.25. The van der Waals surface area contributed by atoms with E-state index in [4.69, 9.17) is 0 Å². The van der Waals surface area contributed by atoms with Gasteiger partial charge in [-0.1, -0.05) is 13.0 Å². The number of nitrogens with zero attached hydrogens (tertiary/aromatic N) is 1. The zero-order valence-electron chi connectivity index (χ0n) is 10.5. The molecule has 0 aliphatic carbocycles. The van der Waals surface area contributed by atoms with Gasteiger partial charge in [0.15, 0.2) is 0 Å². The lowest BCUT2D eigenvalue weighted by molar-refractivity contribution is 0.613. The summed E-state index contributed by atoms with van der Waals surface area (Å²) in [6.45, 7) is 7.27. The highest BCUT2D eigenvalue weighted by atomic mass is 32.1. The van der Waals surface area contributed by atoms with E-state index < -0.39 is 0 Å². The molecule has 17 heavy (non-hydrogen) atoms. The highest BCUT2D eigenvalue weighted by Gasteiger charge is 2.16. The monoisotopic (exact) mass is 246 g/mol. The molecule has 3 heteroatoms. The lowest BCUT2D eigenvalue weighted by Gasteiger charge is -2.18. The highest BCUT2D eigenvalue weighted by molar-refractivity contribution is 7.10. The Labute approximate surface area is 107 Å². The maximum absolute atomic E-state index is 4.63. The molecule has 1 N–H and O–H groups in total. The van der Waals surface area contributed by atoms with Crippen LogP contribution in [0.1, 0.15) is 34.8 Å². The van der Waals surface area contributed by atoms with Crippen molar-refractivity contribution in [2.24, 2.45) is 0 Å². The van der Waals surface area contributed by atoms with Gasteiger partial charge in [0.1, 0.15) is 0 Å². The largest absolute Gasteiger partial charge is 0.305 e. The Morgan fingerprint density at radius 3 is 2.71 bits per heavy atom. The Balaban J connectivity index is 2.39. The van der Waals surface area contributed by atoms with Crippen LogP contribution in [-0.4, -0.2) is 11.5 Å². The van der Waals surface area contributed by atoms with Gasteiger partial charge in [-0.05, 0) is 49.5 Å². The van der Waals surface area contributed by atoms with E-state index in [2.05, 4.69) is 47.7 Å². The summed E-state index contributed by atoms with van der Waals surface area (Å²) in [6.07, 6.45) is 0. The van der Waals surface area contributed by atoms with Gasteiger partial charge in [0.25, 0.3) is 0 Å². The van der Waals surface area contributed by atoms with Crippen molar-refractivity contribution in [2.75, 3.05) is 6.54 Å². The fraction of sp³-hybridized carbons (Fsp3) is 0.357. The minimum absolute atomic E-state index is 0.214. The third-order valence-corrected chi connectivity index (χ3v) is 3.69. The number of hydrogen-bond donors (Lipinski definition) is 1. The summed E-state index contributed by atoms with van der Waals surface area (Å²) in [6, 6.07) is 8.61. The second kappa shape index (κ2) is 5.43. The van der Waals surface area contributed by atoms with E-state index >= 15 is 0 Å². The van der Waals surface area contributed by atoms with E-state index in [1.165, 1.54) is 10.4 Å². The van der Waals surface area contributed by atoms with E-state index in [-0.39, 0.29) is 6.04 Å². The molecule has 1 atom stereocenters. The SMILES string of the molecule is CCNC(c1cccc(C)n1)c1ccsc1C. The molecule has 0 bridgehead atoms. The summed E-state index contributed by atoms with van der Waals surface area (Å²) in [4.78, 5) is 5.99. The van der Waals surface area contributed by atoms with Crippen molar-refractivity contribution in [2.45, 2.75) is 26.8 Å². The molecular formula is C14H18N2S. The van der Waals surface area contributed by atoms with Gasteiger partial charge in [0.05, 0.1) is 11.7 Å². The molecule has 0 spiro atoms. The van der Waals surface area contributed by atoms with Crippen LogP contribution in [0, 0.1) is 13.8 Å². The standard InChI is InChI=1S/C14H18N2S/c1-4-15-14(12-8-9-17-11(12)3)13-7-5-6-10(2)16-13/h5-9,14-15H,4H2,1-3H3. The Kier molecular flexibility index (Phi) is 3.92. The van der Waals surface area contributed by atoms with Crippen molar-refractivity contribution in [3.63, 3.8) is 0 Å². The molecule has 0 saturated carbocycles. The van der Waals surface area contributed by atoms with E-state index in [1.54, 1.807) is 11.3 Å². The summed E-state index contributed by atoms with van der Waals surface area (Å²) < 4.78 is 0. The predicted octanol–water partition coefficient (Wildman–Crippen LogP) is 3.46. The molecule has 0 radical (unpaired) electrons. The van der Waals surface area contributed by atoms with Gasteiger partial charge < -0.3 is 5.32 Å². The Morgan fingerprint density at radius 2 is 2.12 bits per heavy atom. The first-order valence-electron chi connectivity index (χ1n) is 5.93. The summed E-state index contributed by atoms with van der Waals surface area (Å²) in [7, 11) is 0. The van der Waals surface area contributed by atoms with Gasteiger partial charge in [0, 0.05) is 10.6 Å². The Bertz CT molecular complexity index is 490.